The van der Waals surface area contributed by atoms with Crippen LogP contribution in [0, 0.1) is 18.6 Å². The number of rotatable bonds is 3. The molecular formula is C16H17F2NO. The largest absolute Gasteiger partial charge is 0.497 e. The first-order chi connectivity index (χ1) is 9.36. The van der Waals surface area contributed by atoms with Gasteiger partial charge >= 0.3 is 0 Å². The van der Waals surface area contributed by atoms with Gasteiger partial charge in [-0.15, -0.1) is 0 Å². The van der Waals surface area contributed by atoms with Crippen LogP contribution in [0.5, 0.6) is 5.75 Å². The van der Waals surface area contributed by atoms with Crippen LogP contribution in [0.4, 0.5) is 8.78 Å². The highest BCUT2D eigenvalue weighted by molar-refractivity contribution is 5.41. The van der Waals surface area contributed by atoms with Gasteiger partial charge in [0.15, 0.2) is 0 Å². The minimum Gasteiger partial charge on any atom is -0.497 e. The summed E-state index contributed by atoms with van der Waals surface area (Å²) in [5, 5.41) is 0. The molecule has 2 rings (SSSR count). The molecule has 0 spiro atoms. The number of nitrogens with two attached hydrogens (primary N) is 1. The van der Waals surface area contributed by atoms with Crippen LogP contribution in [-0.4, -0.2) is 7.11 Å². The predicted molar refractivity (Wildman–Crippen MR) is 74.7 cm³/mol. The molecule has 2 aromatic rings. The van der Waals surface area contributed by atoms with E-state index in [2.05, 4.69) is 0 Å². The zero-order valence-electron chi connectivity index (χ0n) is 11.7. The monoisotopic (exact) mass is 277 g/mol. The Balaban J connectivity index is 2.51. The maximum atomic E-state index is 14.1. The topological polar surface area (TPSA) is 35.2 Å². The summed E-state index contributed by atoms with van der Waals surface area (Å²) in [4.78, 5) is 0. The number of benzene rings is 2. The molecule has 0 aliphatic rings. The zero-order chi connectivity index (χ0) is 14.9. The molecule has 0 saturated heterocycles. The van der Waals surface area contributed by atoms with Gasteiger partial charge in [-0.3, -0.25) is 0 Å². The quantitative estimate of drug-likeness (QED) is 0.932. The first-order valence-electron chi connectivity index (χ1n) is 6.26. The van der Waals surface area contributed by atoms with Crippen LogP contribution in [-0.2, 0) is 5.54 Å². The van der Waals surface area contributed by atoms with Crippen LogP contribution >= 0.6 is 0 Å². The van der Waals surface area contributed by atoms with Crippen LogP contribution in [0.3, 0.4) is 0 Å². The van der Waals surface area contributed by atoms with E-state index in [1.807, 2.05) is 0 Å². The number of ether oxygens (including phenoxy) is 1. The lowest BCUT2D eigenvalue weighted by Crippen LogP contribution is -2.35. The average molecular weight is 277 g/mol. The van der Waals surface area contributed by atoms with Crippen molar-refractivity contribution in [3.63, 3.8) is 0 Å². The standard InChI is InChI=1S/C16H17F2NO/c1-10-4-5-11(8-14(10)17)16(2,19)13-7-6-12(20-3)9-15(13)18/h4-9H,19H2,1-3H3. The lowest BCUT2D eigenvalue weighted by Gasteiger charge is -2.27. The summed E-state index contributed by atoms with van der Waals surface area (Å²) in [5.74, 6) is -0.416. The molecule has 0 radical (unpaired) electrons. The van der Waals surface area contributed by atoms with Crippen molar-refractivity contribution in [3.05, 3.63) is 64.7 Å². The second-order valence-corrected chi connectivity index (χ2v) is 5.01. The van der Waals surface area contributed by atoms with Gasteiger partial charge in [0.2, 0.25) is 0 Å². The van der Waals surface area contributed by atoms with Crippen molar-refractivity contribution in [1.82, 2.24) is 0 Å². The van der Waals surface area contributed by atoms with Crippen LogP contribution in [0.1, 0.15) is 23.6 Å². The average Bonchev–Trinajstić information content (AvgIpc) is 2.41. The Labute approximate surface area is 117 Å². The maximum Gasteiger partial charge on any atom is 0.132 e. The van der Waals surface area contributed by atoms with E-state index in [1.165, 1.54) is 19.2 Å². The van der Waals surface area contributed by atoms with Gasteiger partial charge in [0.05, 0.1) is 12.6 Å². The number of hydrogen-bond acceptors (Lipinski definition) is 2. The third kappa shape index (κ3) is 2.51. The molecule has 0 aromatic heterocycles. The fraction of sp³-hybridized carbons (Fsp3) is 0.250. The maximum absolute atomic E-state index is 14.1. The molecular weight excluding hydrogens is 260 g/mol. The van der Waals surface area contributed by atoms with Gasteiger partial charge in [0.1, 0.15) is 17.4 Å². The van der Waals surface area contributed by atoms with E-state index in [-0.39, 0.29) is 5.82 Å². The lowest BCUT2D eigenvalue weighted by atomic mass is 9.85. The third-order valence-corrected chi connectivity index (χ3v) is 3.51. The lowest BCUT2D eigenvalue weighted by molar-refractivity contribution is 0.409. The second-order valence-electron chi connectivity index (χ2n) is 5.01. The van der Waals surface area contributed by atoms with Gasteiger partial charge in [0, 0.05) is 11.6 Å². The number of methoxy groups -OCH3 is 1. The molecule has 106 valence electrons. The molecule has 0 saturated carbocycles. The SMILES string of the molecule is COc1ccc(C(C)(N)c2ccc(C)c(F)c2)c(F)c1. The van der Waals surface area contributed by atoms with Crippen LogP contribution in [0.25, 0.3) is 0 Å². The summed E-state index contributed by atoms with van der Waals surface area (Å²) in [6.45, 7) is 3.32. The molecule has 0 heterocycles. The predicted octanol–water partition coefficient (Wildman–Crippen LogP) is 3.50. The first kappa shape index (κ1) is 14.5. The van der Waals surface area contributed by atoms with Crippen molar-refractivity contribution < 1.29 is 13.5 Å². The van der Waals surface area contributed by atoms with E-state index in [0.717, 1.165) is 0 Å². The Hall–Kier alpha value is -1.94. The van der Waals surface area contributed by atoms with Crippen molar-refractivity contribution in [1.29, 1.82) is 0 Å². The van der Waals surface area contributed by atoms with Gasteiger partial charge in [-0.1, -0.05) is 18.2 Å². The van der Waals surface area contributed by atoms with Crippen molar-refractivity contribution in [2.75, 3.05) is 7.11 Å². The van der Waals surface area contributed by atoms with Gasteiger partial charge in [0.25, 0.3) is 0 Å². The third-order valence-electron chi connectivity index (χ3n) is 3.51. The molecule has 1 atom stereocenters. The number of halogens is 2. The van der Waals surface area contributed by atoms with E-state index in [1.54, 1.807) is 38.1 Å². The first-order valence-corrected chi connectivity index (χ1v) is 6.26. The van der Waals surface area contributed by atoms with Gasteiger partial charge in [-0.05, 0) is 37.1 Å². The van der Waals surface area contributed by atoms with E-state index < -0.39 is 11.4 Å². The summed E-state index contributed by atoms with van der Waals surface area (Å²) < 4.78 is 32.8. The molecule has 0 aliphatic heterocycles. The Bertz CT molecular complexity index is 638. The molecule has 4 heteroatoms. The van der Waals surface area contributed by atoms with E-state index in [4.69, 9.17) is 10.5 Å². The van der Waals surface area contributed by atoms with Crippen molar-refractivity contribution in [3.8, 4) is 5.75 Å². The molecule has 0 fully saturated rings. The summed E-state index contributed by atoms with van der Waals surface area (Å²) in [7, 11) is 1.46. The van der Waals surface area contributed by atoms with Crippen LogP contribution in [0.2, 0.25) is 0 Å². The summed E-state index contributed by atoms with van der Waals surface area (Å²) in [6.07, 6.45) is 0. The zero-order valence-corrected chi connectivity index (χ0v) is 11.7. The second kappa shape index (κ2) is 5.21. The Morgan fingerprint density at radius 2 is 1.75 bits per heavy atom. The van der Waals surface area contributed by atoms with E-state index in [0.29, 0.717) is 22.4 Å². The minimum absolute atomic E-state index is 0.293. The fourth-order valence-corrected chi connectivity index (χ4v) is 2.12. The molecule has 0 bridgehead atoms. The summed E-state index contributed by atoms with van der Waals surface area (Å²) in [6, 6.07) is 9.16. The fourth-order valence-electron chi connectivity index (χ4n) is 2.12. The molecule has 2 N–H and O–H groups in total. The summed E-state index contributed by atoms with van der Waals surface area (Å²) >= 11 is 0. The van der Waals surface area contributed by atoms with Crippen LogP contribution < -0.4 is 10.5 Å². The molecule has 2 aromatic carbocycles. The smallest absolute Gasteiger partial charge is 0.132 e. The highest BCUT2D eigenvalue weighted by atomic mass is 19.1. The van der Waals surface area contributed by atoms with E-state index >= 15 is 0 Å². The molecule has 20 heavy (non-hydrogen) atoms. The highest BCUT2D eigenvalue weighted by Crippen LogP contribution is 2.31. The van der Waals surface area contributed by atoms with Crippen molar-refractivity contribution in [2.24, 2.45) is 5.73 Å². The van der Waals surface area contributed by atoms with E-state index in [9.17, 15) is 8.78 Å². The summed E-state index contributed by atoms with van der Waals surface area (Å²) in [5.41, 5.74) is 6.44. The Morgan fingerprint density at radius 3 is 2.30 bits per heavy atom. The normalized spacial score (nSPS) is 13.9. The van der Waals surface area contributed by atoms with Gasteiger partial charge in [-0.25, -0.2) is 8.78 Å². The van der Waals surface area contributed by atoms with Crippen LogP contribution in [0.15, 0.2) is 36.4 Å². The molecule has 1 unspecified atom stereocenters. The molecule has 2 nitrogen and oxygen atoms in total. The Morgan fingerprint density at radius 1 is 1.05 bits per heavy atom. The number of hydrogen-bond donors (Lipinski definition) is 1. The number of aryl methyl sites for hydroxylation is 1. The van der Waals surface area contributed by atoms with Gasteiger partial charge < -0.3 is 10.5 Å². The highest BCUT2D eigenvalue weighted by Gasteiger charge is 2.27. The molecule has 0 aliphatic carbocycles. The van der Waals surface area contributed by atoms with Gasteiger partial charge in [-0.2, -0.15) is 0 Å². The van der Waals surface area contributed by atoms with Crippen molar-refractivity contribution in [2.45, 2.75) is 19.4 Å². The minimum atomic E-state index is -1.12. The van der Waals surface area contributed by atoms with Crippen molar-refractivity contribution >= 4 is 0 Å². The molecule has 0 amide bonds. The Kier molecular flexibility index (Phi) is 3.77.